The number of aromatic nitrogens is 2. The third kappa shape index (κ3) is 3.48. The number of rotatable bonds is 5. The summed E-state index contributed by atoms with van der Waals surface area (Å²) >= 11 is 1.61. The average Bonchev–Trinajstić information content (AvgIpc) is 2.82. The van der Waals surface area contributed by atoms with Crippen LogP contribution in [0.5, 0.6) is 0 Å². The molecule has 0 saturated heterocycles. The van der Waals surface area contributed by atoms with Crippen molar-refractivity contribution in [2.24, 2.45) is 5.84 Å². The number of nitrogens with two attached hydrogens (primary N) is 1. The minimum absolute atomic E-state index is 0.771. The van der Waals surface area contributed by atoms with Gasteiger partial charge in [-0.3, -0.25) is 15.7 Å². The molecular weight excluding hydrogens is 234 g/mol. The third-order valence-corrected chi connectivity index (χ3v) is 2.97. The number of anilines is 1. The van der Waals surface area contributed by atoms with Crippen LogP contribution in [0.1, 0.15) is 11.4 Å². The van der Waals surface area contributed by atoms with Crippen molar-refractivity contribution in [3.05, 3.63) is 40.6 Å². The van der Waals surface area contributed by atoms with Crippen LogP contribution in [0.4, 0.5) is 5.69 Å². The first-order valence-corrected chi connectivity index (χ1v) is 6.19. The lowest BCUT2D eigenvalue weighted by atomic mass is 10.3. The highest BCUT2D eigenvalue weighted by Gasteiger charge is 2.04. The monoisotopic (exact) mass is 249 g/mol. The zero-order valence-corrected chi connectivity index (χ0v) is 10.4. The smallest absolute Gasteiger partial charge is 0.0795 e. The van der Waals surface area contributed by atoms with Gasteiger partial charge in [0.15, 0.2) is 0 Å². The molecule has 0 amide bonds. The molecule has 6 heteroatoms. The van der Waals surface area contributed by atoms with Crippen LogP contribution in [0.3, 0.4) is 0 Å². The second-order valence-corrected chi connectivity index (χ2v) is 4.55. The van der Waals surface area contributed by atoms with Gasteiger partial charge in [0.2, 0.25) is 0 Å². The van der Waals surface area contributed by atoms with E-state index in [2.05, 4.69) is 25.7 Å². The molecule has 0 aliphatic carbocycles. The first-order chi connectivity index (χ1) is 8.28. The second-order valence-electron chi connectivity index (χ2n) is 3.83. The third-order valence-electron chi connectivity index (χ3n) is 2.33. The largest absolute Gasteiger partial charge is 0.324 e. The van der Waals surface area contributed by atoms with E-state index in [4.69, 9.17) is 5.84 Å². The molecule has 2 heterocycles. The van der Waals surface area contributed by atoms with Gasteiger partial charge in [-0.1, -0.05) is 0 Å². The van der Waals surface area contributed by atoms with E-state index in [-0.39, 0.29) is 0 Å². The summed E-state index contributed by atoms with van der Waals surface area (Å²) in [6.07, 6.45) is 1.75. The minimum Gasteiger partial charge on any atom is -0.324 e. The number of nitrogen functional groups attached to an aromatic ring is 1. The first-order valence-electron chi connectivity index (χ1n) is 5.25. The molecule has 0 unspecified atom stereocenters. The molecule has 2 rings (SSSR count). The molecule has 0 aliphatic rings. The highest BCUT2D eigenvalue weighted by atomic mass is 32.1. The lowest BCUT2D eigenvalue weighted by Gasteiger charge is -2.15. The first kappa shape index (κ1) is 12.0. The van der Waals surface area contributed by atoms with Crippen molar-refractivity contribution in [3.8, 4) is 0 Å². The minimum atomic E-state index is 0.771. The van der Waals surface area contributed by atoms with Crippen molar-refractivity contribution in [1.29, 1.82) is 0 Å². The maximum atomic E-state index is 5.36. The Morgan fingerprint density at radius 2 is 2.18 bits per heavy atom. The molecule has 0 spiro atoms. The topological polar surface area (TPSA) is 67.1 Å². The van der Waals surface area contributed by atoms with Crippen LogP contribution < -0.4 is 11.3 Å². The van der Waals surface area contributed by atoms with E-state index in [0.29, 0.717) is 0 Å². The Balaban J connectivity index is 1.95. The Hall–Kier alpha value is -1.50. The Bertz CT molecular complexity index is 457. The van der Waals surface area contributed by atoms with Crippen molar-refractivity contribution in [2.75, 3.05) is 12.5 Å². The molecule has 0 saturated carbocycles. The zero-order chi connectivity index (χ0) is 12.1. The molecule has 17 heavy (non-hydrogen) atoms. The summed E-state index contributed by atoms with van der Waals surface area (Å²) in [5, 5.41) is 2.06. The van der Waals surface area contributed by atoms with Gasteiger partial charge in [0, 0.05) is 24.7 Å². The summed E-state index contributed by atoms with van der Waals surface area (Å²) in [6.45, 7) is 1.60. The molecule has 0 atom stereocenters. The summed E-state index contributed by atoms with van der Waals surface area (Å²) in [5.74, 6) is 5.36. The van der Waals surface area contributed by atoms with Gasteiger partial charge in [0.05, 0.1) is 22.6 Å². The van der Waals surface area contributed by atoms with Crippen LogP contribution in [0.2, 0.25) is 0 Å². The summed E-state index contributed by atoms with van der Waals surface area (Å²) in [7, 11) is 2.05. The Kier molecular flexibility index (Phi) is 4.03. The van der Waals surface area contributed by atoms with Gasteiger partial charge >= 0.3 is 0 Å². The summed E-state index contributed by atoms with van der Waals surface area (Å²) in [5.41, 5.74) is 7.41. The zero-order valence-electron chi connectivity index (χ0n) is 9.63. The number of nitrogens with one attached hydrogen (secondary N) is 1. The van der Waals surface area contributed by atoms with E-state index in [9.17, 15) is 0 Å². The predicted octanol–water partition coefficient (Wildman–Crippen LogP) is 1.46. The standard InChI is InChI=1S/C11H15N5S/c1-16(6-11-7-17-8-14-11)5-10-4-9(15-12)2-3-13-10/h2-4,7-8H,5-6,12H2,1H3,(H,13,15). The van der Waals surface area contributed by atoms with E-state index in [1.165, 1.54) is 0 Å². The van der Waals surface area contributed by atoms with Gasteiger partial charge in [-0.2, -0.15) is 0 Å². The summed E-state index contributed by atoms with van der Waals surface area (Å²) < 4.78 is 0. The van der Waals surface area contributed by atoms with Crippen LogP contribution in [-0.2, 0) is 13.1 Å². The van der Waals surface area contributed by atoms with Crippen molar-refractivity contribution < 1.29 is 0 Å². The van der Waals surface area contributed by atoms with Crippen molar-refractivity contribution >= 4 is 17.0 Å². The molecule has 5 nitrogen and oxygen atoms in total. The van der Waals surface area contributed by atoms with Gasteiger partial charge in [0.1, 0.15) is 0 Å². The summed E-state index contributed by atoms with van der Waals surface area (Å²) in [4.78, 5) is 10.7. The molecule has 0 fully saturated rings. The number of thiazole rings is 1. The van der Waals surface area contributed by atoms with Crippen LogP contribution >= 0.6 is 11.3 Å². The Morgan fingerprint density at radius 3 is 2.88 bits per heavy atom. The molecule has 2 aromatic rings. The van der Waals surface area contributed by atoms with E-state index < -0.39 is 0 Å². The van der Waals surface area contributed by atoms with Gasteiger partial charge < -0.3 is 5.43 Å². The normalized spacial score (nSPS) is 10.8. The van der Waals surface area contributed by atoms with Crippen molar-refractivity contribution in [2.45, 2.75) is 13.1 Å². The predicted molar refractivity (Wildman–Crippen MR) is 69.3 cm³/mol. The molecular formula is C11H15N5S. The fraction of sp³-hybridized carbons (Fsp3) is 0.273. The van der Waals surface area contributed by atoms with Gasteiger partial charge in [-0.05, 0) is 19.2 Å². The van der Waals surface area contributed by atoms with E-state index >= 15 is 0 Å². The average molecular weight is 249 g/mol. The number of hydrogen-bond donors (Lipinski definition) is 2. The van der Waals surface area contributed by atoms with E-state index in [0.717, 1.165) is 30.2 Å². The molecule has 0 radical (unpaired) electrons. The van der Waals surface area contributed by atoms with Crippen LogP contribution in [0, 0.1) is 0 Å². The van der Waals surface area contributed by atoms with Gasteiger partial charge in [-0.15, -0.1) is 11.3 Å². The number of hydrogen-bond acceptors (Lipinski definition) is 6. The van der Waals surface area contributed by atoms with Crippen molar-refractivity contribution in [1.82, 2.24) is 14.9 Å². The van der Waals surface area contributed by atoms with Crippen LogP contribution in [0.25, 0.3) is 0 Å². The number of pyridine rings is 1. The SMILES string of the molecule is CN(Cc1cscn1)Cc1cc(NN)ccn1. The van der Waals surface area contributed by atoms with E-state index in [1.54, 1.807) is 17.5 Å². The molecule has 0 bridgehead atoms. The fourth-order valence-corrected chi connectivity index (χ4v) is 2.13. The molecule has 3 N–H and O–H groups in total. The molecule has 0 aliphatic heterocycles. The number of nitrogens with zero attached hydrogens (tertiary/aromatic N) is 3. The molecule has 90 valence electrons. The molecule has 2 aromatic heterocycles. The maximum Gasteiger partial charge on any atom is 0.0795 e. The van der Waals surface area contributed by atoms with Crippen LogP contribution in [-0.4, -0.2) is 21.9 Å². The van der Waals surface area contributed by atoms with Crippen molar-refractivity contribution in [3.63, 3.8) is 0 Å². The molecule has 0 aromatic carbocycles. The Morgan fingerprint density at radius 1 is 1.35 bits per heavy atom. The van der Waals surface area contributed by atoms with Crippen LogP contribution in [0.15, 0.2) is 29.2 Å². The Labute approximate surface area is 104 Å². The summed E-state index contributed by atoms with van der Waals surface area (Å²) in [6, 6.07) is 3.78. The highest BCUT2D eigenvalue weighted by molar-refractivity contribution is 7.07. The van der Waals surface area contributed by atoms with Gasteiger partial charge in [0.25, 0.3) is 0 Å². The maximum absolute atomic E-state index is 5.36. The number of hydrazine groups is 1. The highest BCUT2D eigenvalue weighted by Crippen LogP contribution is 2.10. The fourth-order valence-electron chi connectivity index (χ4n) is 1.58. The van der Waals surface area contributed by atoms with Gasteiger partial charge in [-0.25, -0.2) is 4.98 Å². The van der Waals surface area contributed by atoms with E-state index in [1.807, 2.05) is 24.7 Å². The lowest BCUT2D eigenvalue weighted by molar-refractivity contribution is 0.312. The lowest BCUT2D eigenvalue weighted by Crippen LogP contribution is -2.18. The second kappa shape index (κ2) is 5.72. The quantitative estimate of drug-likeness (QED) is 0.620.